The molecule has 284 valence electrons. The number of hydrogen-bond acceptors (Lipinski definition) is 14. The minimum absolute atomic E-state index is 0.00411. The molecule has 0 spiro atoms. The smallest absolute Gasteiger partial charge is 0.407 e. The number of ether oxygens (including phenoxy) is 6. The van der Waals surface area contributed by atoms with Gasteiger partial charge in [-0.15, -0.1) is 0 Å². The molecule has 2 N–H and O–H groups in total. The molecular formula is C34H38N4O14S. The number of alkyl carbamates (subject to hydrolysis) is 1. The van der Waals surface area contributed by atoms with E-state index < -0.39 is 68.4 Å². The van der Waals surface area contributed by atoms with Crippen LogP contribution in [-0.4, -0.2) is 91.4 Å². The summed E-state index contributed by atoms with van der Waals surface area (Å²) in [4.78, 5) is 34.4. The van der Waals surface area contributed by atoms with Crippen molar-refractivity contribution in [3.63, 3.8) is 0 Å². The molecule has 0 aromatic heterocycles. The summed E-state index contributed by atoms with van der Waals surface area (Å²) in [7, 11) is -4.17. The highest BCUT2D eigenvalue weighted by molar-refractivity contribution is 7.89. The zero-order valence-electron chi connectivity index (χ0n) is 28.7. The molecule has 3 heterocycles. The van der Waals surface area contributed by atoms with Crippen LogP contribution < -0.4 is 19.5 Å². The number of carbonyl (C=O) groups is 1. The van der Waals surface area contributed by atoms with Gasteiger partial charge >= 0.3 is 11.8 Å². The number of nitrogens with zero attached hydrogens (tertiary/aromatic N) is 3. The maximum absolute atomic E-state index is 13.9. The summed E-state index contributed by atoms with van der Waals surface area (Å²) < 4.78 is 62.2. The van der Waals surface area contributed by atoms with E-state index >= 15 is 0 Å². The summed E-state index contributed by atoms with van der Waals surface area (Å²) in [5.41, 5.74) is -0.496. The molecule has 0 saturated carbocycles. The topological polar surface area (TPSA) is 228 Å². The number of nitro benzene ring substituents is 2. The van der Waals surface area contributed by atoms with Crippen molar-refractivity contribution in [2.24, 2.45) is 11.8 Å². The van der Waals surface area contributed by atoms with Crippen LogP contribution in [0, 0.1) is 32.1 Å². The third-order valence-electron chi connectivity index (χ3n) is 8.91. The van der Waals surface area contributed by atoms with E-state index in [1.54, 1.807) is 12.1 Å². The van der Waals surface area contributed by atoms with Gasteiger partial charge in [0.2, 0.25) is 22.6 Å². The first-order valence-corrected chi connectivity index (χ1v) is 18.2. The zero-order chi connectivity index (χ0) is 37.9. The highest BCUT2D eigenvalue weighted by atomic mass is 32.2. The van der Waals surface area contributed by atoms with Crippen LogP contribution in [0.25, 0.3) is 0 Å². The Labute approximate surface area is 303 Å². The molecule has 3 aromatic rings. The van der Waals surface area contributed by atoms with Crippen LogP contribution in [0.5, 0.6) is 23.0 Å². The van der Waals surface area contributed by atoms with Gasteiger partial charge in [0.05, 0.1) is 52.1 Å². The second kappa shape index (κ2) is 15.9. The number of sulfonamides is 1. The van der Waals surface area contributed by atoms with E-state index in [4.69, 9.17) is 28.4 Å². The molecule has 19 heteroatoms. The number of carbonyl (C=O) groups excluding carboxylic acids is 1. The molecule has 3 aliphatic heterocycles. The largest absolute Gasteiger partial charge is 0.454 e. The first-order chi connectivity index (χ1) is 25.3. The van der Waals surface area contributed by atoms with Gasteiger partial charge in [-0.1, -0.05) is 26.0 Å². The van der Waals surface area contributed by atoms with E-state index in [2.05, 4.69) is 5.32 Å². The normalized spacial score (nSPS) is 20.2. The van der Waals surface area contributed by atoms with Crippen molar-refractivity contribution in [3.8, 4) is 23.0 Å². The number of nitrogens with one attached hydrogen (secondary N) is 1. The number of nitro groups is 2. The molecule has 0 radical (unpaired) electrons. The molecule has 2 saturated heterocycles. The quantitative estimate of drug-likeness (QED) is 0.164. The number of rotatable bonds is 15. The van der Waals surface area contributed by atoms with Gasteiger partial charge in [-0.25, -0.2) is 13.2 Å². The van der Waals surface area contributed by atoms with Gasteiger partial charge < -0.3 is 38.8 Å². The lowest BCUT2D eigenvalue weighted by Crippen LogP contribution is -2.51. The van der Waals surface area contributed by atoms with Crippen LogP contribution in [0.15, 0.2) is 65.6 Å². The van der Waals surface area contributed by atoms with Gasteiger partial charge in [0.1, 0.15) is 11.9 Å². The Morgan fingerprint density at radius 3 is 2.47 bits per heavy atom. The predicted molar refractivity (Wildman–Crippen MR) is 183 cm³/mol. The molecule has 3 aliphatic rings. The van der Waals surface area contributed by atoms with E-state index in [-0.39, 0.29) is 60.3 Å². The molecule has 5 unspecified atom stereocenters. The Kier molecular flexibility index (Phi) is 11.3. The molecule has 0 bridgehead atoms. The van der Waals surface area contributed by atoms with Crippen LogP contribution in [0.1, 0.15) is 25.8 Å². The molecule has 5 atom stereocenters. The fourth-order valence-corrected chi connectivity index (χ4v) is 7.91. The molecule has 0 aliphatic carbocycles. The van der Waals surface area contributed by atoms with Gasteiger partial charge in [-0.05, 0) is 54.7 Å². The summed E-state index contributed by atoms with van der Waals surface area (Å²) >= 11 is 0. The molecular weight excluding hydrogens is 720 g/mol. The number of amides is 1. The van der Waals surface area contributed by atoms with Crippen molar-refractivity contribution in [2.45, 2.75) is 56.1 Å². The Morgan fingerprint density at radius 2 is 1.75 bits per heavy atom. The van der Waals surface area contributed by atoms with Gasteiger partial charge in [-0.3, -0.25) is 20.2 Å². The van der Waals surface area contributed by atoms with Gasteiger partial charge in [-0.2, -0.15) is 4.31 Å². The molecule has 18 nitrogen and oxygen atoms in total. The summed E-state index contributed by atoms with van der Waals surface area (Å²) in [5, 5.41) is 37.1. The van der Waals surface area contributed by atoms with E-state index in [0.717, 1.165) is 22.5 Å². The van der Waals surface area contributed by atoms with Crippen LogP contribution in [-0.2, 0) is 30.7 Å². The SMILES string of the molecule is CC(C)CN(CC(O)C(Cc1ccc(Oc2ccc([N+](=O)[O-])cc2[N+](=O)[O-])cc1)NC(=O)OC1COC2OCCC12)S(=O)(=O)c1ccc2c(c1)OCO2. The number of fused-ring (bicyclic) bond motifs is 2. The number of aliphatic hydroxyl groups excluding tert-OH is 1. The minimum Gasteiger partial charge on any atom is -0.454 e. The fourth-order valence-electron chi connectivity index (χ4n) is 6.28. The van der Waals surface area contributed by atoms with Gasteiger partial charge in [0.25, 0.3) is 5.69 Å². The summed E-state index contributed by atoms with van der Waals surface area (Å²) in [6.07, 6.45) is -2.67. The Morgan fingerprint density at radius 1 is 1.00 bits per heavy atom. The third kappa shape index (κ3) is 8.77. The molecule has 6 rings (SSSR count). The monoisotopic (exact) mass is 758 g/mol. The standard InChI is InChI=1S/C34H38N4O14S/c1-20(2)16-36(53(45,46)24-8-10-30-31(15-24)50-19-49-30)17-28(39)26(35-34(40)52-32-18-48-33-25(32)11-12-47-33)13-21-3-6-23(7-4-21)51-29-9-5-22(37(41)42)14-27(29)38(43)44/h3-10,14-15,20,25-26,28,32-33,39H,11-13,16-19H2,1-2H3,(H,35,40). The Balaban J connectivity index is 1.21. The maximum atomic E-state index is 13.9. The molecule has 53 heavy (non-hydrogen) atoms. The first kappa shape index (κ1) is 37.7. The van der Waals surface area contributed by atoms with Crippen molar-refractivity contribution >= 4 is 27.5 Å². The van der Waals surface area contributed by atoms with Crippen molar-refractivity contribution in [2.75, 3.05) is 33.1 Å². The lowest BCUT2D eigenvalue weighted by atomic mass is 10.0. The number of hydrogen-bond donors (Lipinski definition) is 2. The first-order valence-electron chi connectivity index (χ1n) is 16.8. The van der Waals surface area contributed by atoms with Crippen LogP contribution in [0.2, 0.25) is 0 Å². The van der Waals surface area contributed by atoms with Crippen molar-refractivity contribution in [1.29, 1.82) is 0 Å². The summed E-state index contributed by atoms with van der Waals surface area (Å²) in [6, 6.07) is 12.4. The third-order valence-corrected chi connectivity index (χ3v) is 10.7. The van der Waals surface area contributed by atoms with Gasteiger partial charge in [0, 0.05) is 25.2 Å². The minimum atomic E-state index is -4.17. The molecule has 2 fully saturated rings. The predicted octanol–water partition coefficient (Wildman–Crippen LogP) is 4.13. The second-order valence-corrected chi connectivity index (χ2v) is 15.1. The van der Waals surface area contributed by atoms with E-state index in [0.29, 0.717) is 24.3 Å². The number of non-ortho nitro benzene ring substituents is 1. The van der Waals surface area contributed by atoms with E-state index in [9.17, 15) is 38.5 Å². The van der Waals surface area contributed by atoms with Crippen molar-refractivity contribution in [3.05, 3.63) is 86.5 Å². The average Bonchev–Trinajstić information content (AvgIpc) is 3.87. The highest BCUT2D eigenvalue weighted by Gasteiger charge is 2.44. The maximum Gasteiger partial charge on any atom is 0.407 e. The van der Waals surface area contributed by atoms with E-state index in [1.165, 1.54) is 30.3 Å². The lowest BCUT2D eigenvalue weighted by molar-refractivity contribution is -0.394. The highest BCUT2D eigenvalue weighted by Crippen LogP contribution is 2.37. The number of aliphatic hydroxyl groups is 1. The van der Waals surface area contributed by atoms with Crippen LogP contribution in [0.4, 0.5) is 16.2 Å². The van der Waals surface area contributed by atoms with Crippen LogP contribution >= 0.6 is 0 Å². The van der Waals surface area contributed by atoms with Crippen molar-refractivity contribution < 1.29 is 56.6 Å². The zero-order valence-corrected chi connectivity index (χ0v) is 29.5. The van der Waals surface area contributed by atoms with E-state index in [1.807, 2.05) is 13.8 Å². The second-order valence-electron chi connectivity index (χ2n) is 13.1. The Hall–Kier alpha value is -5.08. The average molecular weight is 759 g/mol. The summed E-state index contributed by atoms with van der Waals surface area (Å²) in [5.74, 6) is 0.364. The lowest BCUT2D eigenvalue weighted by Gasteiger charge is -2.31. The van der Waals surface area contributed by atoms with Gasteiger partial charge in [0.15, 0.2) is 17.8 Å². The van der Waals surface area contributed by atoms with Crippen LogP contribution in [0.3, 0.4) is 0 Å². The van der Waals surface area contributed by atoms with Crippen molar-refractivity contribution in [1.82, 2.24) is 9.62 Å². The fraction of sp³-hybridized carbons (Fsp3) is 0.441. The molecule has 1 amide bonds. The summed E-state index contributed by atoms with van der Waals surface area (Å²) in [6.45, 7) is 3.90. The Bertz CT molecular complexity index is 1940. The number of benzene rings is 3. The molecule has 3 aromatic carbocycles.